The van der Waals surface area contributed by atoms with Crippen LogP contribution in [0.4, 0.5) is 10.1 Å². The van der Waals surface area contributed by atoms with Crippen molar-refractivity contribution in [3.63, 3.8) is 0 Å². The number of benzene rings is 2. The molecular weight excluding hydrogens is 349 g/mol. The molecule has 0 spiro atoms. The molecule has 2 aromatic carbocycles. The van der Waals surface area contributed by atoms with E-state index in [-0.39, 0.29) is 5.56 Å². The standard InChI is InChI=1S/C14H10BrClFNO2/c15-9-2-4-13(11(16)6-9)18-7-8-1-3-10(14(19)20)12(17)5-8/h1-6,18H,7H2,(H,19,20). The van der Waals surface area contributed by atoms with Gasteiger partial charge in [-0.05, 0) is 35.9 Å². The molecule has 0 unspecified atom stereocenters. The summed E-state index contributed by atoms with van der Waals surface area (Å²) in [5.74, 6) is -2.03. The van der Waals surface area contributed by atoms with Gasteiger partial charge in [-0.15, -0.1) is 0 Å². The van der Waals surface area contributed by atoms with Crippen LogP contribution in [0.3, 0.4) is 0 Å². The average Bonchev–Trinajstić information content (AvgIpc) is 2.37. The molecule has 0 radical (unpaired) electrons. The number of nitrogens with one attached hydrogen (secondary N) is 1. The number of aromatic carboxylic acids is 1. The minimum absolute atomic E-state index is 0.338. The van der Waals surface area contributed by atoms with E-state index < -0.39 is 11.8 Å². The maximum Gasteiger partial charge on any atom is 0.338 e. The van der Waals surface area contributed by atoms with Crippen LogP contribution in [0.5, 0.6) is 0 Å². The Balaban J connectivity index is 2.11. The minimum atomic E-state index is -1.28. The Morgan fingerprint density at radius 1 is 1.30 bits per heavy atom. The summed E-state index contributed by atoms with van der Waals surface area (Å²) >= 11 is 9.36. The van der Waals surface area contributed by atoms with Crippen molar-refractivity contribution in [1.82, 2.24) is 0 Å². The molecule has 0 aliphatic heterocycles. The molecule has 0 amide bonds. The lowest BCUT2D eigenvalue weighted by Gasteiger charge is -2.09. The number of hydrogen-bond acceptors (Lipinski definition) is 2. The van der Waals surface area contributed by atoms with Gasteiger partial charge in [0.25, 0.3) is 0 Å². The van der Waals surface area contributed by atoms with Gasteiger partial charge in [-0.2, -0.15) is 0 Å². The third kappa shape index (κ3) is 3.49. The van der Waals surface area contributed by atoms with Gasteiger partial charge in [-0.3, -0.25) is 0 Å². The van der Waals surface area contributed by atoms with Crippen LogP contribution in [0.25, 0.3) is 0 Å². The number of halogens is 3. The molecule has 0 atom stereocenters. The fraction of sp³-hybridized carbons (Fsp3) is 0.0714. The molecule has 20 heavy (non-hydrogen) atoms. The lowest BCUT2D eigenvalue weighted by molar-refractivity contribution is 0.0692. The van der Waals surface area contributed by atoms with E-state index in [4.69, 9.17) is 16.7 Å². The van der Waals surface area contributed by atoms with Gasteiger partial charge in [0, 0.05) is 11.0 Å². The van der Waals surface area contributed by atoms with Crippen molar-refractivity contribution in [2.24, 2.45) is 0 Å². The molecule has 0 saturated carbocycles. The highest BCUT2D eigenvalue weighted by Crippen LogP contribution is 2.26. The molecule has 0 aliphatic rings. The zero-order valence-corrected chi connectivity index (χ0v) is 12.5. The summed E-state index contributed by atoms with van der Waals surface area (Å²) in [5.41, 5.74) is 1.01. The van der Waals surface area contributed by atoms with Gasteiger partial charge in [0.2, 0.25) is 0 Å². The Labute approximate surface area is 128 Å². The van der Waals surface area contributed by atoms with E-state index in [9.17, 15) is 9.18 Å². The fourth-order valence-electron chi connectivity index (χ4n) is 1.67. The first-order chi connectivity index (χ1) is 9.47. The summed E-state index contributed by atoms with van der Waals surface area (Å²) in [5, 5.41) is 12.4. The lowest BCUT2D eigenvalue weighted by atomic mass is 10.1. The molecule has 2 aromatic rings. The number of rotatable bonds is 4. The van der Waals surface area contributed by atoms with Crippen molar-refractivity contribution in [3.8, 4) is 0 Å². The lowest BCUT2D eigenvalue weighted by Crippen LogP contribution is -2.04. The van der Waals surface area contributed by atoms with Gasteiger partial charge < -0.3 is 10.4 Å². The van der Waals surface area contributed by atoms with Crippen LogP contribution in [-0.2, 0) is 6.54 Å². The Kier molecular flexibility index (Phi) is 4.62. The van der Waals surface area contributed by atoms with E-state index in [1.54, 1.807) is 18.2 Å². The highest BCUT2D eigenvalue weighted by Gasteiger charge is 2.10. The minimum Gasteiger partial charge on any atom is -0.478 e. The predicted molar refractivity (Wildman–Crippen MR) is 79.8 cm³/mol. The topological polar surface area (TPSA) is 49.3 Å². The van der Waals surface area contributed by atoms with Gasteiger partial charge in [0.05, 0.1) is 16.3 Å². The van der Waals surface area contributed by atoms with Crippen molar-refractivity contribution < 1.29 is 14.3 Å². The van der Waals surface area contributed by atoms with Gasteiger partial charge in [-0.1, -0.05) is 33.6 Å². The molecule has 6 heteroatoms. The van der Waals surface area contributed by atoms with Crippen LogP contribution in [0, 0.1) is 5.82 Å². The third-order valence-electron chi connectivity index (χ3n) is 2.68. The molecular formula is C14H10BrClFNO2. The summed E-state index contributed by atoms with van der Waals surface area (Å²) in [6.07, 6.45) is 0. The highest BCUT2D eigenvalue weighted by molar-refractivity contribution is 9.10. The van der Waals surface area contributed by atoms with Crippen LogP contribution >= 0.6 is 27.5 Å². The maximum absolute atomic E-state index is 13.5. The maximum atomic E-state index is 13.5. The predicted octanol–water partition coefficient (Wildman–Crippen LogP) is 4.55. The monoisotopic (exact) mass is 357 g/mol. The summed E-state index contributed by atoms with van der Waals surface area (Å²) in [6.45, 7) is 0.345. The highest BCUT2D eigenvalue weighted by atomic mass is 79.9. The second-order valence-corrected chi connectivity index (χ2v) is 5.42. The van der Waals surface area contributed by atoms with E-state index in [2.05, 4.69) is 21.2 Å². The second kappa shape index (κ2) is 6.24. The number of carboxylic acids is 1. The fourth-order valence-corrected chi connectivity index (χ4v) is 2.41. The van der Waals surface area contributed by atoms with Crippen LogP contribution in [0.2, 0.25) is 5.02 Å². The first-order valence-corrected chi connectivity index (χ1v) is 6.85. The molecule has 3 nitrogen and oxygen atoms in total. The van der Waals surface area contributed by atoms with Gasteiger partial charge in [0.15, 0.2) is 0 Å². The number of anilines is 1. The Bertz CT molecular complexity index is 664. The molecule has 0 aliphatic carbocycles. The van der Waals surface area contributed by atoms with Gasteiger partial charge >= 0.3 is 5.97 Å². The molecule has 0 bridgehead atoms. The van der Waals surface area contributed by atoms with Crippen molar-refractivity contribution in [1.29, 1.82) is 0 Å². The number of hydrogen-bond donors (Lipinski definition) is 2. The van der Waals surface area contributed by atoms with Crippen molar-refractivity contribution >= 4 is 39.2 Å². The Morgan fingerprint density at radius 3 is 2.65 bits per heavy atom. The molecule has 0 heterocycles. The zero-order chi connectivity index (χ0) is 14.7. The van der Waals surface area contributed by atoms with Crippen molar-refractivity contribution in [2.75, 3.05) is 5.32 Å². The van der Waals surface area contributed by atoms with E-state index >= 15 is 0 Å². The summed E-state index contributed by atoms with van der Waals surface area (Å²) in [4.78, 5) is 10.7. The normalized spacial score (nSPS) is 10.3. The molecule has 2 N–H and O–H groups in total. The molecule has 0 aromatic heterocycles. The molecule has 0 saturated heterocycles. The molecule has 2 rings (SSSR count). The third-order valence-corrected chi connectivity index (χ3v) is 3.48. The molecule has 104 valence electrons. The first kappa shape index (κ1) is 14.8. The first-order valence-electron chi connectivity index (χ1n) is 5.68. The van der Waals surface area contributed by atoms with Gasteiger partial charge in [-0.25, -0.2) is 9.18 Å². The quantitative estimate of drug-likeness (QED) is 0.843. The van der Waals surface area contributed by atoms with Crippen LogP contribution < -0.4 is 5.32 Å². The SMILES string of the molecule is O=C(O)c1ccc(CNc2ccc(Br)cc2Cl)cc1F. The van der Waals surface area contributed by atoms with Crippen LogP contribution in [0.1, 0.15) is 15.9 Å². The van der Waals surface area contributed by atoms with Crippen LogP contribution in [-0.4, -0.2) is 11.1 Å². The Hall–Kier alpha value is -1.59. The largest absolute Gasteiger partial charge is 0.478 e. The van der Waals surface area contributed by atoms with E-state index in [0.29, 0.717) is 17.1 Å². The van der Waals surface area contributed by atoms with E-state index in [0.717, 1.165) is 10.2 Å². The second-order valence-electron chi connectivity index (χ2n) is 4.10. The number of carbonyl (C=O) groups is 1. The zero-order valence-electron chi connectivity index (χ0n) is 10.2. The molecule has 0 fully saturated rings. The Morgan fingerprint density at radius 2 is 2.05 bits per heavy atom. The van der Waals surface area contributed by atoms with Gasteiger partial charge in [0.1, 0.15) is 5.82 Å². The summed E-state index contributed by atoms with van der Waals surface area (Å²) in [7, 11) is 0. The van der Waals surface area contributed by atoms with Crippen molar-refractivity contribution in [2.45, 2.75) is 6.54 Å². The van der Waals surface area contributed by atoms with E-state index in [1.165, 1.54) is 12.1 Å². The average molecular weight is 359 g/mol. The van der Waals surface area contributed by atoms with Crippen LogP contribution in [0.15, 0.2) is 40.9 Å². The van der Waals surface area contributed by atoms with E-state index in [1.807, 2.05) is 6.07 Å². The smallest absolute Gasteiger partial charge is 0.338 e. The number of carboxylic acid groups (broad SMARTS) is 1. The summed E-state index contributed by atoms with van der Waals surface area (Å²) in [6, 6.07) is 9.39. The summed E-state index contributed by atoms with van der Waals surface area (Å²) < 4.78 is 14.4. The van der Waals surface area contributed by atoms with Crippen molar-refractivity contribution in [3.05, 3.63) is 62.8 Å².